The van der Waals surface area contributed by atoms with Crippen LogP contribution >= 0.6 is 28.3 Å². The minimum Gasteiger partial charge on any atom is -0.391 e. The average Bonchev–Trinajstić information content (AvgIpc) is 2.94. The van der Waals surface area contributed by atoms with E-state index in [2.05, 4.69) is 75.4 Å². The Labute approximate surface area is 175 Å². The van der Waals surface area contributed by atoms with Gasteiger partial charge in [0.25, 0.3) is 0 Å². The molecule has 27 heavy (non-hydrogen) atoms. The molecule has 1 fully saturated rings. The summed E-state index contributed by atoms with van der Waals surface area (Å²) in [6.45, 7) is 2.09. The molecule has 2 aromatic carbocycles. The standard InChI is InChI=1S/C23H24BrNO.ClH/c24-22-15-18-7-3-4-8-19(18)23(22)9-11-25(12-10-23)20-13-16-5-1-2-6-17(16)14-21(20)26;/h1-8,15,20-21,26H,9-14H2;1H. The summed E-state index contributed by atoms with van der Waals surface area (Å²) in [6, 6.07) is 17.6. The zero-order valence-electron chi connectivity index (χ0n) is 15.3. The van der Waals surface area contributed by atoms with Gasteiger partial charge in [0, 0.05) is 22.4 Å². The third-order valence-corrected chi connectivity index (χ3v) is 7.74. The van der Waals surface area contributed by atoms with E-state index in [1.165, 1.54) is 26.7 Å². The lowest BCUT2D eigenvalue weighted by atomic mass is 9.73. The highest BCUT2D eigenvalue weighted by Crippen LogP contribution is 2.51. The van der Waals surface area contributed by atoms with Crippen molar-refractivity contribution in [2.45, 2.75) is 43.2 Å². The van der Waals surface area contributed by atoms with E-state index in [9.17, 15) is 5.11 Å². The lowest BCUT2D eigenvalue weighted by Crippen LogP contribution is -2.53. The number of nitrogens with zero attached hydrogens (tertiary/aromatic N) is 1. The van der Waals surface area contributed by atoms with E-state index < -0.39 is 0 Å². The minimum absolute atomic E-state index is 0. The molecule has 2 nitrogen and oxygen atoms in total. The van der Waals surface area contributed by atoms with Crippen LogP contribution in [0.2, 0.25) is 0 Å². The topological polar surface area (TPSA) is 23.5 Å². The monoisotopic (exact) mass is 445 g/mol. The fourth-order valence-electron chi connectivity index (χ4n) is 5.26. The van der Waals surface area contributed by atoms with Crippen molar-refractivity contribution in [2.75, 3.05) is 13.1 Å². The molecule has 1 spiro atoms. The van der Waals surface area contributed by atoms with Crippen LogP contribution in [0.15, 0.2) is 53.0 Å². The number of piperidine rings is 1. The van der Waals surface area contributed by atoms with Gasteiger partial charge >= 0.3 is 0 Å². The second-order valence-electron chi connectivity index (χ2n) is 8.01. The molecular formula is C23H25BrClNO. The van der Waals surface area contributed by atoms with E-state index in [0.29, 0.717) is 0 Å². The number of likely N-dealkylation sites (tertiary alicyclic amines) is 1. The molecule has 0 bridgehead atoms. The number of allylic oxidation sites excluding steroid dienone is 1. The van der Waals surface area contributed by atoms with Crippen LogP contribution < -0.4 is 0 Å². The summed E-state index contributed by atoms with van der Waals surface area (Å²) in [5, 5.41) is 10.8. The number of benzene rings is 2. The molecule has 142 valence electrons. The average molecular weight is 447 g/mol. The Hall–Kier alpha value is -1.13. The van der Waals surface area contributed by atoms with Gasteiger partial charge < -0.3 is 5.11 Å². The Morgan fingerprint density at radius 3 is 2.30 bits per heavy atom. The molecular weight excluding hydrogens is 422 g/mol. The lowest BCUT2D eigenvalue weighted by molar-refractivity contribution is 0.0234. The molecule has 0 radical (unpaired) electrons. The maximum absolute atomic E-state index is 10.8. The van der Waals surface area contributed by atoms with Crippen LogP contribution in [0, 0.1) is 0 Å². The molecule has 1 N–H and O–H groups in total. The first kappa shape index (κ1) is 19.2. The smallest absolute Gasteiger partial charge is 0.0738 e. The second kappa shape index (κ2) is 7.36. The SMILES string of the molecule is Cl.OC1Cc2ccccc2CC1N1CCC2(CC1)C(Br)=Cc1ccccc12. The van der Waals surface area contributed by atoms with Crippen molar-refractivity contribution < 1.29 is 5.11 Å². The molecule has 2 aliphatic carbocycles. The number of rotatable bonds is 1. The van der Waals surface area contributed by atoms with Gasteiger partial charge in [-0.15, -0.1) is 12.4 Å². The van der Waals surface area contributed by atoms with Crippen LogP contribution in [-0.2, 0) is 18.3 Å². The molecule has 5 rings (SSSR count). The van der Waals surface area contributed by atoms with Crippen molar-refractivity contribution in [3.05, 3.63) is 75.3 Å². The molecule has 1 aliphatic heterocycles. The van der Waals surface area contributed by atoms with E-state index in [1.807, 2.05) is 0 Å². The van der Waals surface area contributed by atoms with Crippen LogP contribution in [0.4, 0.5) is 0 Å². The fraction of sp³-hybridized carbons (Fsp3) is 0.391. The molecule has 3 aliphatic rings. The first-order valence-corrected chi connectivity index (χ1v) is 10.4. The van der Waals surface area contributed by atoms with Gasteiger partial charge in [0.15, 0.2) is 0 Å². The normalized spacial score (nSPS) is 26.1. The predicted octanol–water partition coefficient (Wildman–Crippen LogP) is 4.72. The third-order valence-electron chi connectivity index (χ3n) is 6.76. The molecule has 0 aromatic heterocycles. The van der Waals surface area contributed by atoms with Gasteiger partial charge in [0.1, 0.15) is 0 Å². The van der Waals surface area contributed by atoms with Crippen molar-refractivity contribution in [1.29, 1.82) is 0 Å². The zero-order valence-corrected chi connectivity index (χ0v) is 17.7. The summed E-state index contributed by atoms with van der Waals surface area (Å²) < 4.78 is 1.33. The van der Waals surface area contributed by atoms with Crippen LogP contribution in [0.1, 0.15) is 35.1 Å². The summed E-state index contributed by atoms with van der Waals surface area (Å²) >= 11 is 3.88. The number of aliphatic hydroxyl groups excluding tert-OH is 1. The Morgan fingerprint density at radius 2 is 1.56 bits per heavy atom. The predicted molar refractivity (Wildman–Crippen MR) is 117 cm³/mol. The van der Waals surface area contributed by atoms with Crippen LogP contribution in [0.25, 0.3) is 6.08 Å². The molecule has 0 amide bonds. The Balaban J connectivity index is 0.00000180. The van der Waals surface area contributed by atoms with Gasteiger partial charge in [-0.05, 0) is 60.7 Å². The summed E-state index contributed by atoms with van der Waals surface area (Å²) in [5.74, 6) is 0. The van der Waals surface area contributed by atoms with Gasteiger partial charge in [-0.1, -0.05) is 64.5 Å². The molecule has 2 unspecified atom stereocenters. The van der Waals surface area contributed by atoms with E-state index in [0.717, 1.165) is 38.8 Å². The Kier molecular flexibility index (Phi) is 5.24. The van der Waals surface area contributed by atoms with Crippen molar-refractivity contribution in [3.8, 4) is 0 Å². The number of hydrogen-bond donors (Lipinski definition) is 1. The molecule has 2 aromatic rings. The van der Waals surface area contributed by atoms with E-state index in [1.54, 1.807) is 0 Å². The lowest BCUT2D eigenvalue weighted by Gasteiger charge is -2.46. The maximum Gasteiger partial charge on any atom is 0.0738 e. The quantitative estimate of drug-likeness (QED) is 0.685. The van der Waals surface area contributed by atoms with Gasteiger partial charge in [-0.3, -0.25) is 4.90 Å². The Morgan fingerprint density at radius 1 is 0.926 bits per heavy atom. The molecule has 1 saturated heterocycles. The largest absolute Gasteiger partial charge is 0.391 e. The molecule has 1 heterocycles. The highest BCUT2D eigenvalue weighted by Gasteiger charge is 2.44. The summed E-state index contributed by atoms with van der Waals surface area (Å²) in [4.78, 5) is 2.53. The van der Waals surface area contributed by atoms with Crippen molar-refractivity contribution >= 4 is 34.4 Å². The fourth-order valence-corrected chi connectivity index (χ4v) is 6.12. The van der Waals surface area contributed by atoms with Crippen LogP contribution in [0.3, 0.4) is 0 Å². The Bertz CT molecular complexity index is 872. The number of halogens is 2. The molecule has 2 atom stereocenters. The van der Waals surface area contributed by atoms with Gasteiger partial charge in [-0.2, -0.15) is 0 Å². The molecule has 0 saturated carbocycles. The second-order valence-corrected chi connectivity index (χ2v) is 8.86. The summed E-state index contributed by atoms with van der Waals surface area (Å²) in [7, 11) is 0. The minimum atomic E-state index is -0.256. The summed E-state index contributed by atoms with van der Waals surface area (Å²) in [6.07, 6.45) is 6.04. The number of aliphatic hydroxyl groups is 1. The first-order chi connectivity index (χ1) is 12.7. The van der Waals surface area contributed by atoms with Crippen molar-refractivity contribution in [2.24, 2.45) is 0 Å². The molecule has 4 heteroatoms. The maximum atomic E-state index is 10.8. The highest BCUT2D eigenvalue weighted by molar-refractivity contribution is 9.11. The zero-order chi connectivity index (χ0) is 17.7. The van der Waals surface area contributed by atoms with E-state index in [4.69, 9.17) is 0 Å². The first-order valence-electron chi connectivity index (χ1n) is 9.63. The van der Waals surface area contributed by atoms with Crippen molar-refractivity contribution in [1.82, 2.24) is 4.90 Å². The summed E-state index contributed by atoms with van der Waals surface area (Å²) in [5.41, 5.74) is 5.71. The van der Waals surface area contributed by atoms with Gasteiger partial charge in [0.2, 0.25) is 0 Å². The van der Waals surface area contributed by atoms with Gasteiger partial charge in [-0.25, -0.2) is 0 Å². The van der Waals surface area contributed by atoms with Crippen LogP contribution in [-0.4, -0.2) is 35.2 Å². The number of fused-ring (bicyclic) bond motifs is 3. The van der Waals surface area contributed by atoms with E-state index in [-0.39, 0.29) is 30.0 Å². The van der Waals surface area contributed by atoms with Crippen molar-refractivity contribution in [3.63, 3.8) is 0 Å². The number of hydrogen-bond acceptors (Lipinski definition) is 2. The van der Waals surface area contributed by atoms with E-state index >= 15 is 0 Å². The van der Waals surface area contributed by atoms with Gasteiger partial charge in [0.05, 0.1) is 6.10 Å². The van der Waals surface area contributed by atoms with Crippen LogP contribution in [0.5, 0.6) is 0 Å². The highest BCUT2D eigenvalue weighted by atomic mass is 79.9. The third kappa shape index (κ3) is 3.09.